The second-order valence-electron chi connectivity index (χ2n) is 8.98. The molecule has 0 aliphatic heterocycles. The number of nitrogens with one attached hydrogen (secondary N) is 1. The van der Waals surface area contributed by atoms with Crippen molar-refractivity contribution in [2.45, 2.75) is 69.4 Å². The van der Waals surface area contributed by atoms with Gasteiger partial charge in [0.15, 0.2) is 0 Å². The summed E-state index contributed by atoms with van der Waals surface area (Å²) in [6.07, 6.45) is 4.30. The van der Waals surface area contributed by atoms with Gasteiger partial charge in [-0.15, -0.1) is 0 Å². The Labute approximate surface area is 169 Å². The van der Waals surface area contributed by atoms with E-state index in [0.717, 1.165) is 25.7 Å². The van der Waals surface area contributed by atoms with Crippen LogP contribution in [0.25, 0.3) is 10.9 Å². The molecule has 0 spiro atoms. The van der Waals surface area contributed by atoms with E-state index in [-0.39, 0.29) is 31.3 Å². The van der Waals surface area contributed by atoms with Crippen LogP contribution in [0.1, 0.15) is 69.2 Å². The molecule has 1 amide bonds. The first-order valence-electron chi connectivity index (χ1n) is 10.0. The van der Waals surface area contributed by atoms with Crippen LogP contribution in [0, 0.1) is 11.7 Å². The van der Waals surface area contributed by atoms with E-state index in [1.807, 2.05) is 13.8 Å². The Balaban J connectivity index is 0.00000256. The third kappa shape index (κ3) is 4.10. The standard InChI is InChI=1S/C22H25F3N2O2.H2/c1-21(2,29)14-3-5-15(6-4-14)27-20(28)13-7-12-8-18(23)16(9-19(12)26-11-13)17-10-22(17,24)25;/h7-9,11,14-15,17,29H,3-6,10H2,1-2H3,(H,27,28);1H. The van der Waals surface area contributed by atoms with E-state index in [1.54, 1.807) is 0 Å². The molecule has 29 heavy (non-hydrogen) atoms. The predicted octanol–water partition coefficient (Wildman–Crippen LogP) is 4.80. The number of halogens is 3. The predicted molar refractivity (Wildman–Crippen MR) is 106 cm³/mol. The summed E-state index contributed by atoms with van der Waals surface area (Å²) in [7, 11) is 0. The lowest BCUT2D eigenvalue weighted by atomic mass is 9.77. The van der Waals surface area contributed by atoms with Gasteiger partial charge >= 0.3 is 0 Å². The Morgan fingerprint density at radius 2 is 1.90 bits per heavy atom. The fraction of sp³-hybridized carbons (Fsp3) is 0.545. The number of aromatic nitrogens is 1. The first-order chi connectivity index (χ1) is 13.5. The third-order valence-electron chi connectivity index (χ3n) is 6.32. The average Bonchev–Trinajstić information content (AvgIpc) is 3.28. The van der Waals surface area contributed by atoms with E-state index in [0.29, 0.717) is 16.5 Å². The maximum atomic E-state index is 14.3. The van der Waals surface area contributed by atoms with Crippen molar-refractivity contribution in [1.82, 2.24) is 10.3 Å². The van der Waals surface area contributed by atoms with Crippen molar-refractivity contribution in [3.05, 3.63) is 41.3 Å². The van der Waals surface area contributed by atoms with Crippen LogP contribution in [0.3, 0.4) is 0 Å². The SMILES string of the molecule is CC(C)(O)C1CCC(NC(=O)c2cnc3cc(C4CC4(F)F)c(F)cc3c2)CC1.[HH]. The fourth-order valence-electron chi connectivity index (χ4n) is 4.32. The third-order valence-corrected chi connectivity index (χ3v) is 6.32. The summed E-state index contributed by atoms with van der Waals surface area (Å²) in [4.78, 5) is 16.8. The molecule has 2 saturated carbocycles. The molecule has 7 heteroatoms. The van der Waals surface area contributed by atoms with Gasteiger partial charge in [-0.1, -0.05) is 0 Å². The van der Waals surface area contributed by atoms with Crippen LogP contribution in [-0.2, 0) is 0 Å². The Bertz CT molecular complexity index is 953. The highest BCUT2D eigenvalue weighted by molar-refractivity contribution is 5.97. The average molecular weight is 408 g/mol. The Kier molecular flexibility index (Phi) is 4.84. The highest BCUT2D eigenvalue weighted by atomic mass is 19.3. The number of carbonyl (C=O) groups is 1. The molecule has 2 aliphatic carbocycles. The molecule has 1 heterocycles. The first-order valence-corrected chi connectivity index (χ1v) is 10.0. The number of fused-ring (bicyclic) bond motifs is 1. The van der Waals surface area contributed by atoms with E-state index in [1.165, 1.54) is 24.4 Å². The molecule has 0 radical (unpaired) electrons. The van der Waals surface area contributed by atoms with Crippen LogP contribution in [0.4, 0.5) is 13.2 Å². The van der Waals surface area contributed by atoms with Crippen LogP contribution in [0.15, 0.2) is 24.4 Å². The Hall–Kier alpha value is -2.15. The zero-order valence-corrected chi connectivity index (χ0v) is 16.5. The minimum Gasteiger partial charge on any atom is -0.390 e. The number of nitrogens with zero attached hydrogens (tertiary/aromatic N) is 1. The molecular formula is C22H27F3N2O2. The van der Waals surface area contributed by atoms with Crippen LogP contribution in [-0.4, -0.2) is 33.6 Å². The highest BCUT2D eigenvalue weighted by Gasteiger charge is 2.58. The summed E-state index contributed by atoms with van der Waals surface area (Å²) < 4.78 is 40.9. The maximum Gasteiger partial charge on any atom is 0.256 e. The minimum absolute atomic E-state index is 0. The monoisotopic (exact) mass is 408 g/mol. The summed E-state index contributed by atoms with van der Waals surface area (Å²) in [5.74, 6) is -4.70. The molecule has 0 saturated heterocycles. The van der Waals surface area contributed by atoms with E-state index >= 15 is 0 Å². The molecule has 4 nitrogen and oxygen atoms in total. The lowest BCUT2D eigenvalue weighted by molar-refractivity contribution is -0.00257. The number of alkyl halides is 2. The van der Waals surface area contributed by atoms with E-state index in [4.69, 9.17) is 0 Å². The number of carbonyl (C=O) groups excluding carboxylic acids is 1. The van der Waals surface area contributed by atoms with E-state index in [9.17, 15) is 23.1 Å². The molecule has 2 aliphatic rings. The summed E-state index contributed by atoms with van der Waals surface area (Å²) >= 11 is 0. The van der Waals surface area contributed by atoms with Gasteiger partial charge in [0.1, 0.15) is 5.82 Å². The summed E-state index contributed by atoms with van der Waals surface area (Å²) in [6, 6.07) is 4.10. The number of rotatable bonds is 4. The van der Waals surface area contributed by atoms with Crippen molar-refractivity contribution in [1.29, 1.82) is 0 Å². The molecule has 1 aromatic carbocycles. The van der Waals surface area contributed by atoms with Crippen LogP contribution in [0.5, 0.6) is 0 Å². The van der Waals surface area contributed by atoms with Crippen molar-refractivity contribution >= 4 is 16.8 Å². The van der Waals surface area contributed by atoms with Crippen LogP contribution in [0.2, 0.25) is 0 Å². The Morgan fingerprint density at radius 1 is 1.24 bits per heavy atom. The quantitative estimate of drug-likeness (QED) is 0.764. The molecule has 0 bridgehead atoms. The van der Waals surface area contributed by atoms with E-state index in [2.05, 4.69) is 10.3 Å². The number of pyridine rings is 1. The highest BCUT2D eigenvalue weighted by Crippen LogP contribution is 2.56. The second-order valence-corrected chi connectivity index (χ2v) is 8.98. The minimum atomic E-state index is -2.85. The largest absolute Gasteiger partial charge is 0.390 e. The van der Waals surface area contributed by atoms with Crippen molar-refractivity contribution in [2.24, 2.45) is 5.92 Å². The van der Waals surface area contributed by atoms with Crippen molar-refractivity contribution < 1.29 is 24.5 Å². The number of amides is 1. The summed E-state index contributed by atoms with van der Waals surface area (Å²) in [5, 5.41) is 13.5. The fourth-order valence-corrected chi connectivity index (χ4v) is 4.32. The van der Waals surface area contributed by atoms with E-state index < -0.39 is 23.3 Å². The molecule has 2 fully saturated rings. The zero-order chi connectivity index (χ0) is 21.0. The molecule has 2 N–H and O–H groups in total. The second kappa shape index (κ2) is 6.97. The van der Waals surface area contributed by atoms with Gasteiger partial charge in [0.2, 0.25) is 0 Å². The summed E-state index contributed by atoms with van der Waals surface area (Å²) in [6.45, 7) is 3.62. The topological polar surface area (TPSA) is 62.2 Å². The molecule has 158 valence electrons. The van der Waals surface area contributed by atoms with Gasteiger partial charge in [-0.05, 0) is 69.2 Å². The first kappa shape index (κ1) is 20.1. The maximum absolute atomic E-state index is 14.3. The zero-order valence-electron chi connectivity index (χ0n) is 16.5. The smallest absolute Gasteiger partial charge is 0.256 e. The van der Waals surface area contributed by atoms with Crippen molar-refractivity contribution in [2.75, 3.05) is 0 Å². The molecule has 2 aromatic rings. The van der Waals surface area contributed by atoms with Gasteiger partial charge in [-0.3, -0.25) is 9.78 Å². The molecular weight excluding hydrogens is 381 g/mol. The van der Waals surface area contributed by atoms with Gasteiger partial charge in [0, 0.05) is 25.5 Å². The number of aliphatic hydroxyl groups is 1. The van der Waals surface area contributed by atoms with Gasteiger partial charge < -0.3 is 10.4 Å². The summed E-state index contributed by atoms with van der Waals surface area (Å²) in [5.41, 5.74) is -0.0296. The molecule has 1 unspecified atom stereocenters. The van der Waals surface area contributed by atoms with Crippen molar-refractivity contribution in [3.8, 4) is 0 Å². The molecule has 1 aromatic heterocycles. The molecule has 1 atom stereocenters. The number of hydrogen-bond donors (Lipinski definition) is 2. The lowest BCUT2D eigenvalue weighted by Crippen LogP contribution is -2.41. The number of hydrogen-bond acceptors (Lipinski definition) is 3. The van der Waals surface area contributed by atoms with Gasteiger partial charge in [0.25, 0.3) is 11.8 Å². The van der Waals surface area contributed by atoms with Crippen molar-refractivity contribution in [3.63, 3.8) is 0 Å². The number of benzene rings is 1. The van der Waals surface area contributed by atoms with Gasteiger partial charge in [-0.2, -0.15) is 0 Å². The molecule has 4 rings (SSSR count). The van der Waals surface area contributed by atoms with Crippen LogP contribution >= 0.6 is 0 Å². The normalized spacial score (nSPS) is 26.3. The van der Waals surface area contributed by atoms with Gasteiger partial charge in [-0.25, -0.2) is 13.2 Å². The van der Waals surface area contributed by atoms with Gasteiger partial charge in [0.05, 0.1) is 22.6 Å². The lowest BCUT2D eigenvalue weighted by Gasteiger charge is -2.36. The Morgan fingerprint density at radius 3 is 2.48 bits per heavy atom. The van der Waals surface area contributed by atoms with Crippen LogP contribution < -0.4 is 5.32 Å².